The number of carbonyl (C=O) groups is 1. The van der Waals surface area contributed by atoms with Gasteiger partial charge in [0.15, 0.2) is 5.65 Å². The van der Waals surface area contributed by atoms with E-state index in [4.69, 9.17) is 15.9 Å². The number of rotatable bonds is 1. The third-order valence-corrected chi connectivity index (χ3v) is 5.63. The SMILES string of the molecule is C#Cc1cc2cc(c1)-c1cnn3ccc(nc13)OC[C@@H]1C[C@@H](OC)C(=O)N1CCN2. The minimum absolute atomic E-state index is 0.0143. The van der Waals surface area contributed by atoms with Gasteiger partial charge in [-0.15, -0.1) is 6.42 Å². The first-order valence-corrected chi connectivity index (χ1v) is 9.82. The predicted molar refractivity (Wildman–Crippen MR) is 111 cm³/mol. The van der Waals surface area contributed by atoms with Crippen LogP contribution in [-0.4, -0.2) is 64.4 Å². The largest absolute Gasteiger partial charge is 0.475 e. The van der Waals surface area contributed by atoms with E-state index >= 15 is 0 Å². The topological polar surface area (TPSA) is 81.0 Å². The van der Waals surface area contributed by atoms with Gasteiger partial charge in [-0.1, -0.05) is 5.92 Å². The van der Waals surface area contributed by atoms with Gasteiger partial charge in [-0.25, -0.2) is 4.52 Å². The van der Waals surface area contributed by atoms with Crippen LogP contribution in [0.5, 0.6) is 5.88 Å². The first kappa shape index (κ1) is 18.5. The summed E-state index contributed by atoms with van der Waals surface area (Å²) < 4.78 is 13.1. The van der Waals surface area contributed by atoms with Gasteiger partial charge in [0.25, 0.3) is 5.91 Å². The molecule has 0 saturated carbocycles. The second kappa shape index (κ2) is 7.35. The molecule has 1 amide bonds. The number of methoxy groups -OCH3 is 1. The summed E-state index contributed by atoms with van der Waals surface area (Å²) in [5, 5.41) is 7.79. The Morgan fingerprint density at radius 3 is 3.10 bits per heavy atom. The molecule has 152 valence electrons. The lowest BCUT2D eigenvalue weighted by molar-refractivity contribution is -0.136. The molecule has 8 nitrogen and oxygen atoms in total. The summed E-state index contributed by atoms with van der Waals surface area (Å²) in [6.07, 6.45) is 9.42. The summed E-state index contributed by atoms with van der Waals surface area (Å²) in [6.45, 7) is 1.47. The minimum Gasteiger partial charge on any atom is -0.475 e. The second-order valence-electron chi connectivity index (χ2n) is 7.42. The Labute approximate surface area is 173 Å². The van der Waals surface area contributed by atoms with Crippen LogP contribution in [0.4, 0.5) is 5.69 Å². The highest BCUT2D eigenvalue weighted by Crippen LogP contribution is 2.29. The maximum absolute atomic E-state index is 12.7. The molecule has 1 saturated heterocycles. The molecule has 1 aromatic carbocycles. The average molecular weight is 403 g/mol. The van der Waals surface area contributed by atoms with E-state index in [1.807, 2.05) is 29.3 Å². The number of anilines is 1. The molecule has 4 heterocycles. The van der Waals surface area contributed by atoms with Crippen molar-refractivity contribution in [3.8, 4) is 29.4 Å². The maximum atomic E-state index is 12.7. The van der Waals surface area contributed by atoms with Crippen LogP contribution < -0.4 is 10.1 Å². The summed E-state index contributed by atoms with van der Waals surface area (Å²) in [5.41, 5.74) is 4.10. The molecule has 4 bridgehead atoms. The minimum atomic E-state index is -0.442. The van der Waals surface area contributed by atoms with Crippen molar-refractivity contribution in [2.75, 3.05) is 32.1 Å². The van der Waals surface area contributed by atoms with Crippen molar-refractivity contribution in [2.45, 2.75) is 18.6 Å². The molecule has 0 spiro atoms. The highest BCUT2D eigenvalue weighted by Gasteiger charge is 2.39. The van der Waals surface area contributed by atoms with Gasteiger partial charge < -0.3 is 19.7 Å². The molecule has 1 N–H and O–H groups in total. The maximum Gasteiger partial charge on any atom is 0.252 e. The van der Waals surface area contributed by atoms with Gasteiger partial charge in [-0.2, -0.15) is 10.1 Å². The number of hydrogen-bond donors (Lipinski definition) is 1. The molecular weight excluding hydrogens is 382 g/mol. The number of hydrogen-bond acceptors (Lipinski definition) is 6. The number of amides is 1. The van der Waals surface area contributed by atoms with Gasteiger partial charge in [0.2, 0.25) is 5.88 Å². The number of carbonyl (C=O) groups excluding carboxylic acids is 1. The van der Waals surface area contributed by atoms with Gasteiger partial charge in [0.1, 0.15) is 12.7 Å². The third-order valence-electron chi connectivity index (χ3n) is 5.63. The van der Waals surface area contributed by atoms with Crippen LogP contribution in [0.3, 0.4) is 0 Å². The van der Waals surface area contributed by atoms with Gasteiger partial charge >= 0.3 is 0 Å². The van der Waals surface area contributed by atoms with Gasteiger partial charge in [0.05, 0.1) is 12.2 Å². The molecule has 2 atom stereocenters. The second-order valence-corrected chi connectivity index (χ2v) is 7.42. The Hall–Kier alpha value is -3.57. The van der Waals surface area contributed by atoms with E-state index in [-0.39, 0.29) is 11.9 Å². The van der Waals surface area contributed by atoms with E-state index in [0.29, 0.717) is 37.6 Å². The average Bonchev–Trinajstić information content (AvgIpc) is 3.32. The molecule has 3 aromatic rings. The van der Waals surface area contributed by atoms with Crippen molar-refractivity contribution in [3.63, 3.8) is 0 Å². The van der Waals surface area contributed by atoms with Crippen LogP contribution in [0.15, 0.2) is 36.7 Å². The van der Waals surface area contributed by atoms with E-state index in [1.165, 1.54) is 0 Å². The van der Waals surface area contributed by atoms with Crippen LogP contribution >= 0.6 is 0 Å². The Balaban J connectivity index is 1.59. The Bertz CT molecular complexity index is 1170. The normalized spacial score (nSPS) is 20.9. The zero-order chi connectivity index (χ0) is 20.7. The molecule has 1 fully saturated rings. The monoisotopic (exact) mass is 403 g/mol. The number of terminal acetylenes is 1. The molecule has 0 radical (unpaired) electrons. The van der Waals surface area contributed by atoms with E-state index in [2.05, 4.69) is 21.3 Å². The summed E-state index contributed by atoms with van der Waals surface area (Å²) in [7, 11) is 1.56. The Morgan fingerprint density at radius 2 is 2.27 bits per heavy atom. The molecular formula is C22H21N5O3. The zero-order valence-electron chi connectivity index (χ0n) is 16.5. The van der Waals surface area contributed by atoms with Crippen molar-refractivity contribution in [3.05, 3.63) is 42.2 Å². The fourth-order valence-corrected chi connectivity index (χ4v) is 4.09. The quantitative estimate of drug-likeness (QED) is 0.624. The number of benzene rings is 1. The number of ether oxygens (including phenoxy) is 2. The Morgan fingerprint density at radius 1 is 1.37 bits per heavy atom. The molecule has 2 aliphatic heterocycles. The lowest BCUT2D eigenvalue weighted by atomic mass is 10.0. The number of aromatic nitrogens is 3. The number of nitrogens with zero attached hydrogens (tertiary/aromatic N) is 4. The molecule has 2 aromatic heterocycles. The van der Waals surface area contributed by atoms with Crippen molar-refractivity contribution in [1.29, 1.82) is 0 Å². The van der Waals surface area contributed by atoms with E-state index in [0.717, 1.165) is 22.4 Å². The summed E-state index contributed by atoms with van der Waals surface area (Å²) >= 11 is 0. The molecule has 8 heteroatoms. The van der Waals surface area contributed by atoms with Crippen molar-refractivity contribution >= 4 is 17.2 Å². The van der Waals surface area contributed by atoms with Gasteiger partial charge in [-0.3, -0.25) is 4.79 Å². The van der Waals surface area contributed by atoms with Crippen LogP contribution in [-0.2, 0) is 9.53 Å². The summed E-state index contributed by atoms with van der Waals surface area (Å²) in [6, 6.07) is 7.56. The smallest absolute Gasteiger partial charge is 0.252 e. The first-order chi connectivity index (χ1) is 14.7. The summed E-state index contributed by atoms with van der Waals surface area (Å²) in [5.74, 6) is 3.18. The van der Waals surface area contributed by atoms with Crippen molar-refractivity contribution in [2.24, 2.45) is 0 Å². The molecule has 0 aliphatic carbocycles. The van der Waals surface area contributed by atoms with Gasteiger partial charge in [0, 0.05) is 55.7 Å². The van der Waals surface area contributed by atoms with Crippen molar-refractivity contribution < 1.29 is 14.3 Å². The number of fused-ring (bicyclic) bond motifs is 5. The van der Waals surface area contributed by atoms with E-state index < -0.39 is 6.10 Å². The molecule has 2 aliphatic rings. The highest BCUT2D eigenvalue weighted by atomic mass is 16.5. The van der Waals surface area contributed by atoms with E-state index in [9.17, 15) is 4.79 Å². The van der Waals surface area contributed by atoms with Crippen LogP contribution in [0.1, 0.15) is 12.0 Å². The highest BCUT2D eigenvalue weighted by molar-refractivity contribution is 5.84. The zero-order valence-corrected chi connectivity index (χ0v) is 16.5. The molecule has 0 unspecified atom stereocenters. The van der Waals surface area contributed by atoms with E-state index in [1.54, 1.807) is 23.9 Å². The van der Waals surface area contributed by atoms with Crippen LogP contribution in [0, 0.1) is 12.3 Å². The molecule has 30 heavy (non-hydrogen) atoms. The first-order valence-electron chi connectivity index (χ1n) is 9.82. The number of nitrogens with one attached hydrogen (secondary N) is 1. The Kier molecular flexibility index (Phi) is 4.52. The summed E-state index contributed by atoms with van der Waals surface area (Å²) in [4.78, 5) is 19.2. The lowest BCUT2D eigenvalue weighted by Gasteiger charge is -2.25. The van der Waals surface area contributed by atoms with Crippen molar-refractivity contribution in [1.82, 2.24) is 19.5 Å². The van der Waals surface area contributed by atoms with Crippen LogP contribution in [0.25, 0.3) is 16.8 Å². The standard InChI is InChI=1S/C22H21N5O3/c1-3-14-8-15-10-16(9-14)23-5-7-26-17(11-19(29-2)22(26)28)13-30-20-4-6-27-21(25-20)18(15)12-24-27/h1,4,6,8-10,12,17,19,23H,5,7,11,13H2,2H3/t17-,19+/m0/s1. The predicted octanol–water partition coefficient (Wildman–Crippen LogP) is 1.80. The third kappa shape index (κ3) is 3.13. The lowest BCUT2D eigenvalue weighted by Crippen LogP contribution is -2.41. The fourth-order valence-electron chi connectivity index (χ4n) is 4.09. The van der Waals surface area contributed by atoms with Gasteiger partial charge in [-0.05, 0) is 23.8 Å². The fraction of sp³-hybridized carbons (Fsp3) is 0.318. The van der Waals surface area contributed by atoms with Crippen LogP contribution in [0.2, 0.25) is 0 Å². The molecule has 5 rings (SSSR count).